The number of hydrogen-bond donors (Lipinski definition) is 1. The van der Waals surface area contributed by atoms with Crippen molar-refractivity contribution in [1.29, 1.82) is 0 Å². The highest BCUT2D eigenvalue weighted by atomic mass is 35.5. The van der Waals surface area contributed by atoms with E-state index in [9.17, 15) is 14.7 Å². The molecule has 2 aliphatic heterocycles. The van der Waals surface area contributed by atoms with Crippen molar-refractivity contribution in [3.05, 3.63) is 119 Å². The second kappa shape index (κ2) is 13.3. The minimum Gasteiger partial charge on any atom is -0.497 e. The Hall–Kier alpha value is -3.95. The summed E-state index contributed by atoms with van der Waals surface area (Å²) in [4.78, 5) is 32.5. The lowest BCUT2D eigenvalue weighted by atomic mass is 9.82. The average molecular weight is 669 g/mol. The van der Waals surface area contributed by atoms with Gasteiger partial charge in [-0.05, 0) is 53.6 Å². The predicted molar refractivity (Wildman–Crippen MR) is 188 cm³/mol. The van der Waals surface area contributed by atoms with E-state index in [4.69, 9.17) is 21.1 Å². The SMILES string of the molecule is COc1ccc([Si](C)(C)[C@@H]2[C@@H](CC(=O)N(CCO)Cc3ccccc3)O[C@]3(C(=O)N(c4ccccc4)c4ccc(Cl)cc43)[C@H]2C)cc1. The summed E-state index contributed by atoms with van der Waals surface area (Å²) in [5.74, 6) is 0.178. The molecule has 1 N–H and O–H groups in total. The molecule has 4 aromatic rings. The van der Waals surface area contributed by atoms with Crippen molar-refractivity contribution in [3.63, 3.8) is 0 Å². The number of aliphatic hydroxyl groups excluding tert-OH is 1. The number of amides is 2. The minimum absolute atomic E-state index is 0.0741. The molecule has 47 heavy (non-hydrogen) atoms. The fourth-order valence-electron chi connectivity index (χ4n) is 7.76. The Bertz CT molecular complexity index is 1740. The van der Waals surface area contributed by atoms with Crippen LogP contribution in [-0.2, 0) is 26.5 Å². The summed E-state index contributed by atoms with van der Waals surface area (Å²) in [6.45, 7) is 7.09. The summed E-state index contributed by atoms with van der Waals surface area (Å²) >= 11 is 6.63. The number of benzene rings is 4. The number of ether oxygens (including phenoxy) is 2. The van der Waals surface area contributed by atoms with Crippen LogP contribution >= 0.6 is 11.6 Å². The molecule has 9 heteroatoms. The first kappa shape index (κ1) is 33.0. The Kier molecular flexibility index (Phi) is 9.31. The van der Waals surface area contributed by atoms with Crippen LogP contribution in [0.5, 0.6) is 5.75 Å². The molecule has 6 rings (SSSR count). The van der Waals surface area contributed by atoms with Crippen molar-refractivity contribution in [1.82, 2.24) is 4.90 Å². The zero-order valence-electron chi connectivity index (χ0n) is 27.2. The average Bonchev–Trinajstić information content (AvgIpc) is 3.51. The standard InChI is InChI=1S/C38H41ClN2O5Si/c1-26-36(47(3,4)31-18-16-30(45-2)17-19-31)34(24-35(43)40(21-22-42)25-27-11-7-5-8-12-27)46-38(26)32-23-28(39)15-20-33(32)41(37(38)44)29-13-9-6-10-14-29/h5-20,23,26,34,36,42H,21-22,24-25H2,1-4H3/t26-,34+,36-,38+/m0/s1. The number of aliphatic hydroxyl groups is 1. The summed E-state index contributed by atoms with van der Waals surface area (Å²) in [6, 6.07) is 33.0. The van der Waals surface area contributed by atoms with Crippen molar-refractivity contribution in [2.75, 3.05) is 25.2 Å². The highest BCUT2D eigenvalue weighted by Crippen LogP contribution is 2.61. The molecule has 0 unspecified atom stereocenters. The summed E-state index contributed by atoms with van der Waals surface area (Å²) in [7, 11) is -0.817. The predicted octanol–water partition coefficient (Wildman–Crippen LogP) is 6.65. The summed E-state index contributed by atoms with van der Waals surface area (Å²) in [5.41, 5.74) is 1.71. The number of carbonyl (C=O) groups is 2. The van der Waals surface area contributed by atoms with E-state index in [2.05, 4.69) is 32.2 Å². The van der Waals surface area contributed by atoms with Gasteiger partial charge in [0.15, 0.2) is 5.60 Å². The first-order chi connectivity index (χ1) is 22.6. The molecule has 4 atom stereocenters. The molecule has 4 aromatic carbocycles. The normalized spacial score (nSPS) is 22.0. The highest BCUT2D eigenvalue weighted by molar-refractivity contribution is 6.91. The van der Waals surface area contributed by atoms with Crippen LogP contribution in [0.4, 0.5) is 11.4 Å². The van der Waals surface area contributed by atoms with E-state index in [0.717, 1.165) is 28.3 Å². The lowest BCUT2D eigenvalue weighted by Gasteiger charge is -2.37. The molecule has 1 spiro atoms. The number of anilines is 2. The molecule has 244 valence electrons. The number of fused-ring (bicyclic) bond motifs is 2. The van der Waals surface area contributed by atoms with Crippen LogP contribution in [0, 0.1) is 5.92 Å². The van der Waals surface area contributed by atoms with Crippen molar-refractivity contribution in [2.45, 2.75) is 50.2 Å². The molecule has 2 aliphatic rings. The molecule has 0 bridgehead atoms. The largest absolute Gasteiger partial charge is 0.497 e. The van der Waals surface area contributed by atoms with Gasteiger partial charge in [0, 0.05) is 35.3 Å². The van der Waals surface area contributed by atoms with Gasteiger partial charge in [-0.2, -0.15) is 0 Å². The topological polar surface area (TPSA) is 79.3 Å². The molecular weight excluding hydrogens is 628 g/mol. The number of nitrogens with zero attached hydrogens (tertiary/aromatic N) is 2. The zero-order chi connectivity index (χ0) is 33.3. The van der Waals surface area contributed by atoms with Gasteiger partial charge in [0.25, 0.3) is 5.91 Å². The number of hydrogen-bond acceptors (Lipinski definition) is 5. The molecule has 0 aromatic heterocycles. The van der Waals surface area contributed by atoms with E-state index in [1.807, 2.05) is 84.9 Å². The van der Waals surface area contributed by atoms with Gasteiger partial charge in [0.05, 0.1) is 40.0 Å². The minimum atomic E-state index is -2.47. The van der Waals surface area contributed by atoms with E-state index < -0.39 is 19.8 Å². The number of rotatable bonds is 10. The smallest absolute Gasteiger partial charge is 0.268 e. The molecular formula is C38H41ClN2O5Si. The summed E-state index contributed by atoms with van der Waals surface area (Å²) in [6.07, 6.45) is -0.491. The Morgan fingerprint density at radius 2 is 1.66 bits per heavy atom. The monoisotopic (exact) mass is 668 g/mol. The maximum absolute atomic E-state index is 14.9. The number of halogens is 1. The van der Waals surface area contributed by atoms with E-state index in [0.29, 0.717) is 11.6 Å². The van der Waals surface area contributed by atoms with Crippen molar-refractivity contribution in [3.8, 4) is 5.75 Å². The Balaban J connectivity index is 1.45. The lowest BCUT2D eigenvalue weighted by Crippen LogP contribution is -2.52. The fourth-order valence-corrected chi connectivity index (χ4v) is 11.9. The van der Waals surface area contributed by atoms with Gasteiger partial charge in [-0.1, -0.05) is 97.5 Å². The number of methoxy groups -OCH3 is 1. The van der Waals surface area contributed by atoms with Crippen LogP contribution in [0.15, 0.2) is 103 Å². The van der Waals surface area contributed by atoms with Gasteiger partial charge in [-0.25, -0.2) is 0 Å². The second-order valence-electron chi connectivity index (χ2n) is 13.0. The van der Waals surface area contributed by atoms with E-state index in [1.165, 1.54) is 5.19 Å². The van der Waals surface area contributed by atoms with Crippen LogP contribution in [0.25, 0.3) is 0 Å². The van der Waals surface area contributed by atoms with Gasteiger partial charge in [0.1, 0.15) is 5.75 Å². The van der Waals surface area contributed by atoms with Crippen molar-refractivity contribution >= 4 is 48.1 Å². The van der Waals surface area contributed by atoms with Crippen LogP contribution < -0.4 is 14.8 Å². The van der Waals surface area contributed by atoms with Gasteiger partial charge < -0.3 is 19.5 Å². The highest BCUT2D eigenvalue weighted by Gasteiger charge is 2.66. The third kappa shape index (κ3) is 5.88. The summed E-state index contributed by atoms with van der Waals surface area (Å²) < 4.78 is 12.6. The first-order valence-corrected chi connectivity index (χ1v) is 19.5. The quantitative estimate of drug-likeness (QED) is 0.191. The molecule has 2 amide bonds. The van der Waals surface area contributed by atoms with Gasteiger partial charge in [0.2, 0.25) is 5.91 Å². The van der Waals surface area contributed by atoms with Gasteiger partial charge in [-0.15, -0.1) is 0 Å². The molecule has 0 aliphatic carbocycles. The fraction of sp³-hybridized carbons (Fsp3) is 0.316. The first-order valence-electron chi connectivity index (χ1n) is 16.1. The van der Waals surface area contributed by atoms with Crippen molar-refractivity contribution in [2.24, 2.45) is 5.92 Å². The maximum Gasteiger partial charge on any atom is 0.268 e. The van der Waals surface area contributed by atoms with Gasteiger partial charge in [-0.3, -0.25) is 14.5 Å². The molecule has 2 heterocycles. The molecule has 0 saturated carbocycles. The Labute approximate surface area is 282 Å². The third-order valence-corrected chi connectivity index (χ3v) is 14.6. The van der Waals surface area contributed by atoms with Crippen LogP contribution in [-0.4, -0.2) is 56.3 Å². The van der Waals surface area contributed by atoms with Crippen molar-refractivity contribution < 1.29 is 24.2 Å². The van der Waals surface area contributed by atoms with E-state index in [1.54, 1.807) is 23.0 Å². The number of para-hydroxylation sites is 1. The van der Waals surface area contributed by atoms with Crippen LogP contribution in [0.1, 0.15) is 24.5 Å². The molecule has 1 fully saturated rings. The van der Waals surface area contributed by atoms with E-state index in [-0.39, 0.29) is 42.8 Å². The third-order valence-electron chi connectivity index (χ3n) is 10.0. The zero-order valence-corrected chi connectivity index (χ0v) is 29.0. The molecule has 7 nitrogen and oxygen atoms in total. The molecule has 1 saturated heterocycles. The Morgan fingerprint density at radius 1 is 1.00 bits per heavy atom. The molecule has 0 radical (unpaired) electrons. The van der Waals surface area contributed by atoms with E-state index >= 15 is 0 Å². The summed E-state index contributed by atoms with van der Waals surface area (Å²) in [5, 5.41) is 11.6. The Morgan fingerprint density at radius 3 is 2.30 bits per heavy atom. The van der Waals surface area contributed by atoms with Crippen LogP contribution in [0.3, 0.4) is 0 Å². The maximum atomic E-state index is 14.9. The van der Waals surface area contributed by atoms with Gasteiger partial charge >= 0.3 is 0 Å². The van der Waals surface area contributed by atoms with Crippen LogP contribution in [0.2, 0.25) is 23.7 Å². The lowest BCUT2D eigenvalue weighted by molar-refractivity contribution is -0.149. The second-order valence-corrected chi connectivity index (χ2v) is 18.1. The number of carbonyl (C=O) groups excluding carboxylic acids is 2.